The Labute approximate surface area is 135 Å². The van der Waals surface area contributed by atoms with Gasteiger partial charge in [-0.05, 0) is 41.7 Å². The molecule has 4 nitrogen and oxygen atoms in total. The number of carbonyl (C=O) groups is 2. The molecule has 1 aliphatic carbocycles. The van der Waals surface area contributed by atoms with Gasteiger partial charge in [0.25, 0.3) is 0 Å². The van der Waals surface area contributed by atoms with Gasteiger partial charge in [0, 0.05) is 12.5 Å². The number of hydrogen-bond donors (Lipinski definition) is 0. The third kappa shape index (κ3) is 2.97. The number of benzene rings is 2. The number of ether oxygens (including phenoxy) is 2. The first-order valence-electron chi connectivity index (χ1n) is 7.58. The summed E-state index contributed by atoms with van der Waals surface area (Å²) in [5, 5.41) is 0. The van der Waals surface area contributed by atoms with Gasteiger partial charge in [-0.3, -0.25) is 9.59 Å². The van der Waals surface area contributed by atoms with Gasteiger partial charge in [0.1, 0.15) is 5.75 Å². The van der Waals surface area contributed by atoms with E-state index in [1.165, 1.54) is 14.0 Å². The van der Waals surface area contributed by atoms with E-state index in [-0.39, 0.29) is 17.9 Å². The normalized spacial score (nSPS) is 15.8. The van der Waals surface area contributed by atoms with Crippen molar-refractivity contribution < 1.29 is 19.1 Å². The van der Waals surface area contributed by atoms with E-state index in [1.807, 2.05) is 42.5 Å². The Hall–Kier alpha value is -2.62. The van der Waals surface area contributed by atoms with E-state index in [0.29, 0.717) is 5.75 Å². The standard InChI is InChI=1S/C19H18O4/c1-12(20)23-18-11-16-14(8-9-15(16)19(21)22-2)10-17(18)13-6-4-3-5-7-13/h3-7,10-11,15H,8-9H2,1-2H3. The number of carbonyl (C=O) groups excluding carboxylic acids is 2. The molecule has 0 saturated carbocycles. The average molecular weight is 310 g/mol. The Morgan fingerprint density at radius 3 is 2.52 bits per heavy atom. The van der Waals surface area contributed by atoms with Crippen LogP contribution in [0.2, 0.25) is 0 Å². The Morgan fingerprint density at radius 1 is 1.13 bits per heavy atom. The van der Waals surface area contributed by atoms with E-state index >= 15 is 0 Å². The fraction of sp³-hybridized carbons (Fsp3) is 0.263. The maximum Gasteiger partial charge on any atom is 0.313 e. The summed E-state index contributed by atoms with van der Waals surface area (Å²) in [4.78, 5) is 23.4. The van der Waals surface area contributed by atoms with E-state index < -0.39 is 0 Å². The van der Waals surface area contributed by atoms with Gasteiger partial charge in [-0.2, -0.15) is 0 Å². The molecule has 4 heteroatoms. The van der Waals surface area contributed by atoms with Gasteiger partial charge < -0.3 is 9.47 Å². The van der Waals surface area contributed by atoms with Crippen LogP contribution in [0.4, 0.5) is 0 Å². The van der Waals surface area contributed by atoms with Crippen LogP contribution < -0.4 is 4.74 Å². The van der Waals surface area contributed by atoms with Crippen molar-refractivity contribution in [1.29, 1.82) is 0 Å². The molecule has 0 bridgehead atoms. The number of esters is 2. The molecule has 23 heavy (non-hydrogen) atoms. The van der Waals surface area contributed by atoms with Crippen molar-refractivity contribution in [3.8, 4) is 16.9 Å². The highest BCUT2D eigenvalue weighted by molar-refractivity contribution is 5.83. The van der Waals surface area contributed by atoms with Crippen molar-refractivity contribution in [2.45, 2.75) is 25.7 Å². The van der Waals surface area contributed by atoms with Gasteiger partial charge in [-0.15, -0.1) is 0 Å². The molecule has 0 aliphatic heterocycles. The molecule has 0 fully saturated rings. The molecule has 1 unspecified atom stereocenters. The molecule has 0 radical (unpaired) electrons. The molecule has 1 aliphatic rings. The zero-order valence-electron chi connectivity index (χ0n) is 13.2. The van der Waals surface area contributed by atoms with Gasteiger partial charge >= 0.3 is 11.9 Å². The predicted molar refractivity (Wildman–Crippen MR) is 86.3 cm³/mol. The molecule has 0 amide bonds. The monoisotopic (exact) mass is 310 g/mol. The first-order chi connectivity index (χ1) is 11.1. The molecule has 2 aromatic carbocycles. The second-order valence-corrected chi connectivity index (χ2v) is 5.62. The summed E-state index contributed by atoms with van der Waals surface area (Å²) in [6.45, 7) is 1.37. The second kappa shape index (κ2) is 6.24. The van der Waals surface area contributed by atoms with E-state index in [1.54, 1.807) is 0 Å². The van der Waals surface area contributed by atoms with Crippen molar-refractivity contribution in [3.63, 3.8) is 0 Å². The zero-order valence-corrected chi connectivity index (χ0v) is 13.2. The van der Waals surface area contributed by atoms with Crippen molar-refractivity contribution in [2.24, 2.45) is 0 Å². The summed E-state index contributed by atoms with van der Waals surface area (Å²) in [6, 6.07) is 13.6. The quantitative estimate of drug-likeness (QED) is 0.643. The first-order valence-corrected chi connectivity index (χ1v) is 7.58. The molecule has 0 heterocycles. The second-order valence-electron chi connectivity index (χ2n) is 5.62. The first kappa shape index (κ1) is 15.3. The molecule has 2 aromatic rings. The van der Waals surface area contributed by atoms with Crippen LogP contribution in [0, 0.1) is 0 Å². The highest BCUT2D eigenvalue weighted by atomic mass is 16.5. The van der Waals surface area contributed by atoms with Crippen molar-refractivity contribution in [2.75, 3.05) is 7.11 Å². The Kier molecular flexibility index (Phi) is 4.15. The lowest BCUT2D eigenvalue weighted by atomic mass is 9.96. The van der Waals surface area contributed by atoms with Crippen molar-refractivity contribution in [3.05, 3.63) is 53.6 Å². The molecular weight excluding hydrogens is 292 g/mol. The summed E-state index contributed by atoms with van der Waals surface area (Å²) < 4.78 is 10.3. The molecule has 0 saturated heterocycles. The summed E-state index contributed by atoms with van der Waals surface area (Å²) in [5.74, 6) is -0.424. The van der Waals surface area contributed by atoms with E-state index in [2.05, 4.69) is 0 Å². The number of aryl methyl sites for hydroxylation is 1. The predicted octanol–water partition coefficient (Wildman–Crippen LogP) is 3.48. The number of hydrogen-bond acceptors (Lipinski definition) is 4. The lowest BCUT2D eigenvalue weighted by Gasteiger charge is -2.14. The van der Waals surface area contributed by atoms with Gasteiger partial charge in [0.2, 0.25) is 0 Å². The van der Waals surface area contributed by atoms with E-state index in [9.17, 15) is 9.59 Å². The van der Waals surface area contributed by atoms with Crippen LogP contribution in [-0.2, 0) is 20.7 Å². The lowest BCUT2D eigenvalue weighted by Crippen LogP contribution is -2.12. The maximum atomic E-state index is 11.9. The van der Waals surface area contributed by atoms with Gasteiger partial charge in [-0.1, -0.05) is 30.3 Å². The fourth-order valence-corrected chi connectivity index (χ4v) is 3.11. The third-order valence-electron chi connectivity index (χ3n) is 4.14. The SMILES string of the molecule is COC(=O)C1CCc2cc(-c3ccccc3)c(OC(C)=O)cc21. The summed E-state index contributed by atoms with van der Waals surface area (Å²) in [6.07, 6.45) is 1.54. The summed E-state index contributed by atoms with van der Waals surface area (Å²) in [5.41, 5.74) is 3.85. The molecule has 0 aromatic heterocycles. The smallest absolute Gasteiger partial charge is 0.313 e. The van der Waals surface area contributed by atoms with Gasteiger partial charge in [0.15, 0.2) is 0 Å². The number of rotatable bonds is 3. The van der Waals surface area contributed by atoms with Crippen LogP contribution in [0.25, 0.3) is 11.1 Å². The van der Waals surface area contributed by atoms with Crippen LogP contribution in [0.15, 0.2) is 42.5 Å². The molecular formula is C19H18O4. The van der Waals surface area contributed by atoms with Crippen LogP contribution in [-0.4, -0.2) is 19.0 Å². The van der Waals surface area contributed by atoms with Gasteiger partial charge in [-0.25, -0.2) is 0 Å². The number of fused-ring (bicyclic) bond motifs is 1. The van der Waals surface area contributed by atoms with Crippen molar-refractivity contribution in [1.82, 2.24) is 0 Å². The largest absolute Gasteiger partial charge is 0.469 e. The molecule has 0 N–H and O–H groups in total. The zero-order chi connectivity index (χ0) is 16.4. The molecule has 118 valence electrons. The lowest BCUT2D eigenvalue weighted by molar-refractivity contribution is -0.142. The van der Waals surface area contributed by atoms with Crippen LogP contribution in [0.1, 0.15) is 30.4 Å². The Bertz CT molecular complexity index is 749. The maximum absolute atomic E-state index is 11.9. The Balaban J connectivity index is 2.11. The minimum atomic E-state index is -0.380. The summed E-state index contributed by atoms with van der Waals surface area (Å²) in [7, 11) is 1.39. The minimum Gasteiger partial charge on any atom is -0.469 e. The van der Waals surface area contributed by atoms with Crippen LogP contribution in [0.5, 0.6) is 5.75 Å². The highest BCUT2D eigenvalue weighted by Crippen LogP contribution is 2.41. The van der Waals surface area contributed by atoms with Crippen molar-refractivity contribution >= 4 is 11.9 Å². The third-order valence-corrected chi connectivity index (χ3v) is 4.14. The van der Waals surface area contributed by atoms with Gasteiger partial charge in [0.05, 0.1) is 13.0 Å². The summed E-state index contributed by atoms with van der Waals surface area (Å²) >= 11 is 0. The highest BCUT2D eigenvalue weighted by Gasteiger charge is 2.31. The number of methoxy groups -OCH3 is 1. The minimum absolute atomic E-state index is 0.245. The molecule has 3 rings (SSSR count). The van der Waals surface area contributed by atoms with E-state index in [0.717, 1.165) is 35.1 Å². The molecule has 1 atom stereocenters. The topological polar surface area (TPSA) is 52.6 Å². The van der Waals surface area contributed by atoms with E-state index in [4.69, 9.17) is 9.47 Å². The Morgan fingerprint density at radius 2 is 1.87 bits per heavy atom. The average Bonchev–Trinajstić information content (AvgIpc) is 2.96. The fourth-order valence-electron chi connectivity index (χ4n) is 3.11. The van der Waals surface area contributed by atoms with Crippen LogP contribution in [0.3, 0.4) is 0 Å². The van der Waals surface area contributed by atoms with Crippen LogP contribution >= 0.6 is 0 Å². The molecule has 0 spiro atoms.